The van der Waals surface area contributed by atoms with Crippen molar-refractivity contribution in [3.8, 4) is 49.8 Å². The number of fused-ring (bicyclic) bond motifs is 1. The van der Waals surface area contributed by atoms with Crippen LogP contribution in [0.3, 0.4) is 0 Å². The van der Waals surface area contributed by atoms with E-state index >= 15 is 0 Å². The predicted octanol–water partition coefficient (Wildman–Crippen LogP) is 12.0. The Morgan fingerprint density at radius 2 is 1.11 bits per heavy atom. The lowest BCUT2D eigenvalue weighted by atomic mass is 9.78. The van der Waals surface area contributed by atoms with Gasteiger partial charge in [0.15, 0.2) is 0 Å². The molecule has 4 aromatic carbocycles. The van der Waals surface area contributed by atoms with Crippen LogP contribution in [-0.4, -0.2) is 15.1 Å². The van der Waals surface area contributed by atoms with Crippen molar-refractivity contribution in [2.24, 2.45) is 0 Å². The number of nitrogens with zero attached hydrogens (tertiary/aromatic N) is 2. The number of pyridine rings is 1. The number of thiazole rings is 1. The molecular weight excluding hydrogens is 581 g/mol. The van der Waals surface area contributed by atoms with Crippen LogP contribution in [0, 0.1) is 0 Å². The standard InChI is InChI=1S/C42H44N2OS/c1-40(2,3)30-21-27(22-31(23-30)41(4,5)6)26-18-28(20-29(19-26)35-15-12-13-17-43-35)34-24-32(42(7,8)9)25-37-38(34)44-39(46-37)33-14-10-11-16-36(33)45/h10-25,45H,1-9H3. The Morgan fingerprint density at radius 1 is 0.543 bits per heavy atom. The normalized spacial score (nSPS) is 12.5. The summed E-state index contributed by atoms with van der Waals surface area (Å²) in [6.07, 6.45) is 1.86. The fraction of sp³-hybridized carbons (Fsp3) is 0.286. The molecule has 0 aliphatic heterocycles. The topological polar surface area (TPSA) is 46.0 Å². The molecule has 0 bridgehead atoms. The van der Waals surface area contributed by atoms with Crippen LogP contribution in [0.25, 0.3) is 54.3 Å². The highest BCUT2D eigenvalue weighted by Gasteiger charge is 2.23. The number of aromatic hydroxyl groups is 1. The van der Waals surface area contributed by atoms with Gasteiger partial charge in [-0.25, -0.2) is 4.98 Å². The number of benzene rings is 4. The molecule has 4 heteroatoms. The first-order valence-electron chi connectivity index (χ1n) is 16.0. The maximum Gasteiger partial charge on any atom is 0.128 e. The molecule has 0 fully saturated rings. The number of para-hydroxylation sites is 1. The van der Waals surface area contributed by atoms with Gasteiger partial charge < -0.3 is 5.11 Å². The Bertz CT molecular complexity index is 2020. The minimum absolute atomic E-state index is 0.00460. The van der Waals surface area contributed by atoms with E-state index in [4.69, 9.17) is 9.97 Å². The zero-order valence-corrected chi connectivity index (χ0v) is 29.3. The van der Waals surface area contributed by atoms with E-state index in [1.54, 1.807) is 17.4 Å². The van der Waals surface area contributed by atoms with E-state index < -0.39 is 0 Å². The van der Waals surface area contributed by atoms with Gasteiger partial charge >= 0.3 is 0 Å². The summed E-state index contributed by atoms with van der Waals surface area (Å²) in [6, 6.07) is 32.1. The van der Waals surface area contributed by atoms with E-state index in [1.165, 1.54) is 22.3 Å². The first-order valence-corrected chi connectivity index (χ1v) is 16.9. The molecule has 2 heterocycles. The third-order valence-corrected chi connectivity index (χ3v) is 9.73. The summed E-state index contributed by atoms with van der Waals surface area (Å²) in [5.41, 5.74) is 12.1. The van der Waals surface area contributed by atoms with E-state index in [0.29, 0.717) is 0 Å². The Labute approximate surface area is 278 Å². The highest BCUT2D eigenvalue weighted by molar-refractivity contribution is 7.21. The smallest absolute Gasteiger partial charge is 0.128 e. The zero-order valence-electron chi connectivity index (χ0n) is 28.5. The van der Waals surface area contributed by atoms with Gasteiger partial charge in [-0.15, -0.1) is 11.3 Å². The molecule has 1 N–H and O–H groups in total. The van der Waals surface area contributed by atoms with Crippen molar-refractivity contribution in [3.63, 3.8) is 0 Å². The van der Waals surface area contributed by atoms with Crippen molar-refractivity contribution in [1.29, 1.82) is 0 Å². The van der Waals surface area contributed by atoms with E-state index in [0.717, 1.165) is 48.7 Å². The van der Waals surface area contributed by atoms with E-state index in [2.05, 4.69) is 117 Å². The van der Waals surface area contributed by atoms with Crippen LogP contribution in [0.15, 0.2) is 97.2 Å². The largest absolute Gasteiger partial charge is 0.507 e. The van der Waals surface area contributed by atoms with Gasteiger partial charge in [0, 0.05) is 17.3 Å². The average Bonchev–Trinajstić information content (AvgIpc) is 3.44. The van der Waals surface area contributed by atoms with Crippen molar-refractivity contribution in [1.82, 2.24) is 9.97 Å². The molecule has 0 aliphatic rings. The van der Waals surface area contributed by atoms with Gasteiger partial charge in [-0.3, -0.25) is 4.98 Å². The molecule has 3 nitrogen and oxygen atoms in total. The molecule has 0 saturated heterocycles. The Morgan fingerprint density at radius 3 is 1.72 bits per heavy atom. The number of phenolic OH excluding ortho intramolecular Hbond substituents is 1. The second-order valence-electron chi connectivity index (χ2n) is 15.5. The van der Waals surface area contributed by atoms with Gasteiger partial charge in [0.25, 0.3) is 0 Å². The molecule has 2 aromatic heterocycles. The summed E-state index contributed by atoms with van der Waals surface area (Å²) in [7, 11) is 0. The number of hydrogen-bond acceptors (Lipinski definition) is 4. The maximum atomic E-state index is 10.7. The van der Waals surface area contributed by atoms with Crippen LogP contribution in [0.4, 0.5) is 0 Å². The highest BCUT2D eigenvalue weighted by atomic mass is 32.1. The second-order valence-corrected chi connectivity index (χ2v) is 16.5. The molecule has 0 aliphatic carbocycles. The molecular formula is C42H44N2OS. The van der Waals surface area contributed by atoms with Crippen LogP contribution < -0.4 is 0 Å². The number of rotatable bonds is 4. The number of aromatic nitrogens is 2. The Kier molecular flexibility index (Phi) is 7.93. The minimum atomic E-state index is -0.0634. The van der Waals surface area contributed by atoms with E-state index in [1.807, 2.05) is 36.5 Å². The van der Waals surface area contributed by atoms with Crippen molar-refractivity contribution in [2.45, 2.75) is 78.6 Å². The summed E-state index contributed by atoms with van der Waals surface area (Å²) in [4.78, 5) is 9.95. The molecule has 46 heavy (non-hydrogen) atoms. The van der Waals surface area contributed by atoms with Crippen LogP contribution in [0.5, 0.6) is 5.75 Å². The van der Waals surface area contributed by atoms with Crippen LogP contribution in [-0.2, 0) is 16.2 Å². The predicted molar refractivity (Wildman–Crippen MR) is 197 cm³/mol. The van der Waals surface area contributed by atoms with Crippen LogP contribution in [0.2, 0.25) is 0 Å². The zero-order chi connectivity index (χ0) is 33.0. The molecule has 0 spiro atoms. The van der Waals surface area contributed by atoms with Gasteiger partial charge in [-0.05, 0) is 104 Å². The van der Waals surface area contributed by atoms with Gasteiger partial charge in [-0.2, -0.15) is 0 Å². The Hall–Kier alpha value is -4.28. The van der Waals surface area contributed by atoms with Gasteiger partial charge in [0.05, 0.1) is 21.5 Å². The molecule has 0 radical (unpaired) electrons. The van der Waals surface area contributed by atoms with Gasteiger partial charge in [-0.1, -0.05) is 98.7 Å². The van der Waals surface area contributed by atoms with Crippen molar-refractivity contribution in [3.05, 3.63) is 114 Å². The molecule has 0 unspecified atom stereocenters. The molecule has 6 rings (SSSR count). The maximum absolute atomic E-state index is 10.7. The van der Waals surface area contributed by atoms with Crippen molar-refractivity contribution >= 4 is 21.6 Å². The lowest BCUT2D eigenvalue weighted by Gasteiger charge is -2.26. The molecule has 0 amide bonds. The SMILES string of the molecule is CC(C)(C)c1cc(-c2cc(-c3ccccn3)cc(-c3cc(C(C)(C)C)cc4sc(-c5ccccc5O)nc34)c2)cc(C(C)(C)C)c1. The lowest BCUT2D eigenvalue weighted by molar-refractivity contribution is 0.477. The van der Waals surface area contributed by atoms with Gasteiger partial charge in [0.1, 0.15) is 10.8 Å². The number of hydrogen-bond donors (Lipinski definition) is 1. The summed E-state index contributed by atoms with van der Waals surface area (Å²) in [5.74, 6) is 0.243. The fourth-order valence-electron chi connectivity index (χ4n) is 5.74. The van der Waals surface area contributed by atoms with Crippen LogP contribution in [0.1, 0.15) is 79.0 Å². The minimum Gasteiger partial charge on any atom is -0.507 e. The van der Waals surface area contributed by atoms with E-state index in [-0.39, 0.29) is 22.0 Å². The average molecular weight is 625 g/mol. The molecule has 6 aromatic rings. The molecule has 0 saturated carbocycles. The monoisotopic (exact) mass is 624 g/mol. The lowest BCUT2D eigenvalue weighted by Crippen LogP contribution is -2.16. The Balaban J connectivity index is 1.66. The molecule has 234 valence electrons. The number of phenols is 1. The first kappa shape index (κ1) is 31.7. The third-order valence-electron chi connectivity index (χ3n) is 8.70. The molecule has 0 atom stereocenters. The highest BCUT2D eigenvalue weighted by Crippen LogP contribution is 2.43. The summed E-state index contributed by atoms with van der Waals surface area (Å²) < 4.78 is 1.11. The first-order chi connectivity index (χ1) is 21.6. The van der Waals surface area contributed by atoms with Crippen LogP contribution >= 0.6 is 11.3 Å². The summed E-state index contributed by atoms with van der Waals surface area (Å²) in [6.45, 7) is 20.5. The van der Waals surface area contributed by atoms with Gasteiger partial charge in [0.2, 0.25) is 0 Å². The third kappa shape index (κ3) is 6.37. The fourth-order valence-corrected chi connectivity index (χ4v) is 6.81. The second kappa shape index (κ2) is 11.5. The quantitative estimate of drug-likeness (QED) is 0.212. The summed E-state index contributed by atoms with van der Waals surface area (Å²) in [5, 5.41) is 11.5. The van der Waals surface area contributed by atoms with E-state index in [9.17, 15) is 5.11 Å². The summed E-state index contributed by atoms with van der Waals surface area (Å²) >= 11 is 1.63. The van der Waals surface area contributed by atoms with Crippen molar-refractivity contribution < 1.29 is 5.11 Å². The van der Waals surface area contributed by atoms with Crippen molar-refractivity contribution in [2.75, 3.05) is 0 Å².